The van der Waals surface area contributed by atoms with Gasteiger partial charge in [0.05, 0.1) is 18.0 Å². The summed E-state index contributed by atoms with van der Waals surface area (Å²) >= 11 is 0. The van der Waals surface area contributed by atoms with Crippen LogP contribution in [-0.4, -0.2) is 59.2 Å². The molecule has 7 heteroatoms. The normalized spacial score (nSPS) is 16.3. The van der Waals surface area contributed by atoms with Crippen LogP contribution in [-0.2, 0) is 32.0 Å². The molecule has 1 fully saturated rings. The minimum absolute atomic E-state index is 0.147. The molecule has 1 unspecified atom stereocenters. The molecule has 0 bridgehead atoms. The Morgan fingerprint density at radius 1 is 1.02 bits per heavy atom. The lowest BCUT2D eigenvalue weighted by molar-refractivity contribution is -0.143. The molecule has 2 aromatic carbocycles. The predicted molar refractivity (Wildman–Crippen MR) is 169 cm³/mol. The summed E-state index contributed by atoms with van der Waals surface area (Å²) in [5, 5.41) is 2.31. The van der Waals surface area contributed by atoms with Gasteiger partial charge in [0, 0.05) is 55.7 Å². The quantitative estimate of drug-likeness (QED) is 0.173. The molecule has 1 atom stereocenters. The standard InChI is InChI=1S/C36H41N3O4/c1-4-43-32(40)16-15-29-24(2)33-30-9-5-6-10-31(30)39(35(33)37-25(29)3)23-26-11-13-27(14-12-26)34(28-17-21-42-22-18-28)36(41)38-19-7-8-20-38/h5-14,28,34H,4,15-23H2,1-3H3. The molecule has 0 aliphatic carbocycles. The second-order valence-corrected chi connectivity index (χ2v) is 11.8. The molecule has 0 spiro atoms. The SMILES string of the molecule is CCOC(=O)CCc1c(C)nc2c(c1C)c1ccccc1n2Cc1ccc(C(C(=O)N2CC=CC2)C2CCOCC2)cc1. The summed E-state index contributed by atoms with van der Waals surface area (Å²) < 4.78 is 13.1. The molecule has 6 rings (SSSR count). The lowest BCUT2D eigenvalue weighted by Gasteiger charge is -2.32. The number of carbonyl (C=O) groups excluding carboxylic acids is 2. The van der Waals surface area contributed by atoms with Crippen LogP contribution in [0.15, 0.2) is 60.7 Å². The number of hydrogen-bond donors (Lipinski definition) is 0. The van der Waals surface area contributed by atoms with E-state index >= 15 is 0 Å². The van der Waals surface area contributed by atoms with Gasteiger partial charge in [-0.3, -0.25) is 9.59 Å². The number of esters is 1. The van der Waals surface area contributed by atoms with Crippen LogP contribution in [0.25, 0.3) is 21.9 Å². The molecule has 43 heavy (non-hydrogen) atoms. The average molecular weight is 580 g/mol. The summed E-state index contributed by atoms with van der Waals surface area (Å²) in [4.78, 5) is 32.9. The van der Waals surface area contributed by atoms with Gasteiger partial charge in [0.2, 0.25) is 5.91 Å². The minimum Gasteiger partial charge on any atom is -0.466 e. The Hall–Kier alpha value is -3.97. The van der Waals surface area contributed by atoms with E-state index in [0.29, 0.717) is 45.0 Å². The highest BCUT2D eigenvalue weighted by molar-refractivity contribution is 6.08. The van der Waals surface area contributed by atoms with Crippen LogP contribution in [0.1, 0.15) is 60.1 Å². The van der Waals surface area contributed by atoms with E-state index in [1.165, 1.54) is 10.9 Å². The maximum Gasteiger partial charge on any atom is 0.306 e. The number of aromatic nitrogens is 2. The van der Waals surface area contributed by atoms with Gasteiger partial charge in [0.15, 0.2) is 0 Å². The van der Waals surface area contributed by atoms with Crippen molar-refractivity contribution in [1.29, 1.82) is 0 Å². The van der Waals surface area contributed by atoms with Crippen LogP contribution in [0, 0.1) is 19.8 Å². The Morgan fingerprint density at radius 2 is 1.74 bits per heavy atom. The first-order chi connectivity index (χ1) is 21.0. The van der Waals surface area contributed by atoms with Crippen molar-refractivity contribution in [3.63, 3.8) is 0 Å². The monoisotopic (exact) mass is 579 g/mol. The fourth-order valence-electron chi connectivity index (χ4n) is 6.95. The van der Waals surface area contributed by atoms with E-state index in [2.05, 4.69) is 72.2 Å². The molecule has 4 heterocycles. The summed E-state index contributed by atoms with van der Waals surface area (Å²) in [5.74, 6) is 0.190. The van der Waals surface area contributed by atoms with Gasteiger partial charge in [-0.05, 0) is 74.3 Å². The molecule has 2 aromatic heterocycles. The third-order valence-electron chi connectivity index (χ3n) is 9.18. The third kappa shape index (κ3) is 5.83. The average Bonchev–Trinajstić information content (AvgIpc) is 3.66. The molecule has 4 aromatic rings. The Morgan fingerprint density at radius 3 is 2.47 bits per heavy atom. The van der Waals surface area contributed by atoms with Crippen molar-refractivity contribution in [3.05, 3.63) is 88.6 Å². The molecule has 2 aliphatic rings. The molecular formula is C36H41N3O4. The fraction of sp³-hybridized carbons (Fsp3) is 0.417. The van der Waals surface area contributed by atoms with Crippen LogP contribution in [0.2, 0.25) is 0 Å². The highest BCUT2D eigenvalue weighted by Gasteiger charge is 2.34. The van der Waals surface area contributed by atoms with Crippen molar-refractivity contribution in [3.8, 4) is 0 Å². The van der Waals surface area contributed by atoms with E-state index in [4.69, 9.17) is 14.5 Å². The maximum atomic E-state index is 13.7. The number of fused-ring (bicyclic) bond motifs is 3. The summed E-state index contributed by atoms with van der Waals surface area (Å²) in [6.07, 6.45) is 6.93. The van der Waals surface area contributed by atoms with Crippen LogP contribution < -0.4 is 0 Å². The molecule has 7 nitrogen and oxygen atoms in total. The van der Waals surface area contributed by atoms with Crippen molar-refractivity contribution in [1.82, 2.24) is 14.5 Å². The summed E-state index contributed by atoms with van der Waals surface area (Å²) in [6.45, 7) is 9.90. The predicted octanol–water partition coefficient (Wildman–Crippen LogP) is 6.26. The molecular weight excluding hydrogens is 538 g/mol. The van der Waals surface area contributed by atoms with Gasteiger partial charge in [-0.1, -0.05) is 54.6 Å². The first kappa shape index (κ1) is 29.1. The van der Waals surface area contributed by atoms with Crippen molar-refractivity contribution in [2.45, 2.75) is 58.9 Å². The third-order valence-corrected chi connectivity index (χ3v) is 9.18. The van der Waals surface area contributed by atoms with E-state index in [0.717, 1.165) is 65.0 Å². The van der Waals surface area contributed by atoms with E-state index < -0.39 is 0 Å². The fourth-order valence-corrected chi connectivity index (χ4v) is 6.95. The Bertz CT molecular complexity index is 1660. The molecule has 0 saturated carbocycles. The number of ether oxygens (including phenoxy) is 2. The van der Waals surface area contributed by atoms with Crippen molar-refractivity contribution < 1.29 is 19.1 Å². The number of pyridine rings is 1. The van der Waals surface area contributed by atoms with E-state index in [1.807, 2.05) is 18.7 Å². The van der Waals surface area contributed by atoms with Gasteiger partial charge in [0.25, 0.3) is 0 Å². The summed E-state index contributed by atoms with van der Waals surface area (Å²) in [5.41, 5.74) is 7.58. The van der Waals surface area contributed by atoms with E-state index in [1.54, 1.807) is 0 Å². The molecule has 0 radical (unpaired) electrons. The molecule has 1 saturated heterocycles. The molecule has 1 amide bonds. The smallest absolute Gasteiger partial charge is 0.306 e. The van der Waals surface area contributed by atoms with Crippen LogP contribution in [0.4, 0.5) is 0 Å². The Balaban J connectivity index is 1.32. The summed E-state index contributed by atoms with van der Waals surface area (Å²) in [7, 11) is 0. The van der Waals surface area contributed by atoms with Crippen molar-refractivity contribution in [2.75, 3.05) is 32.9 Å². The topological polar surface area (TPSA) is 73.7 Å². The van der Waals surface area contributed by atoms with Gasteiger partial charge >= 0.3 is 5.97 Å². The molecule has 224 valence electrons. The second-order valence-electron chi connectivity index (χ2n) is 11.8. The van der Waals surface area contributed by atoms with Crippen LogP contribution in [0.5, 0.6) is 0 Å². The first-order valence-electron chi connectivity index (χ1n) is 15.6. The Labute approximate surface area is 253 Å². The highest BCUT2D eigenvalue weighted by atomic mass is 16.5. The zero-order chi connectivity index (χ0) is 29.9. The first-order valence-corrected chi connectivity index (χ1v) is 15.6. The minimum atomic E-state index is -0.176. The van der Waals surface area contributed by atoms with Crippen molar-refractivity contribution >= 4 is 33.8 Å². The van der Waals surface area contributed by atoms with Crippen LogP contribution >= 0.6 is 0 Å². The number of nitrogens with zero attached hydrogens (tertiary/aromatic N) is 3. The lowest BCUT2D eigenvalue weighted by atomic mass is 9.80. The van der Waals surface area contributed by atoms with E-state index in [9.17, 15) is 9.59 Å². The molecule has 0 N–H and O–H groups in total. The number of para-hydroxylation sites is 1. The number of aryl methyl sites for hydroxylation is 2. The number of carbonyl (C=O) groups is 2. The number of benzene rings is 2. The summed E-state index contributed by atoms with van der Waals surface area (Å²) in [6, 6.07) is 17.1. The highest BCUT2D eigenvalue weighted by Crippen LogP contribution is 2.36. The van der Waals surface area contributed by atoms with E-state index in [-0.39, 0.29) is 17.8 Å². The number of hydrogen-bond acceptors (Lipinski definition) is 5. The largest absolute Gasteiger partial charge is 0.466 e. The zero-order valence-electron chi connectivity index (χ0n) is 25.5. The lowest BCUT2D eigenvalue weighted by Crippen LogP contribution is -2.38. The molecule has 2 aliphatic heterocycles. The maximum absolute atomic E-state index is 13.7. The number of amides is 1. The van der Waals surface area contributed by atoms with Crippen LogP contribution in [0.3, 0.4) is 0 Å². The van der Waals surface area contributed by atoms with Gasteiger partial charge in [-0.15, -0.1) is 0 Å². The van der Waals surface area contributed by atoms with Gasteiger partial charge in [-0.25, -0.2) is 4.98 Å². The second kappa shape index (κ2) is 12.7. The zero-order valence-corrected chi connectivity index (χ0v) is 25.5. The van der Waals surface area contributed by atoms with Gasteiger partial charge in [0.1, 0.15) is 5.65 Å². The van der Waals surface area contributed by atoms with Gasteiger partial charge < -0.3 is 18.9 Å². The number of rotatable bonds is 9. The van der Waals surface area contributed by atoms with Crippen molar-refractivity contribution in [2.24, 2.45) is 5.92 Å². The Kier molecular flexibility index (Phi) is 8.61. The van der Waals surface area contributed by atoms with Gasteiger partial charge in [-0.2, -0.15) is 0 Å².